The predicted molar refractivity (Wildman–Crippen MR) is 54.1 cm³/mol. The van der Waals surface area contributed by atoms with Crippen LogP contribution in [-0.2, 0) is 19.1 Å². The molecule has 0 heterocycles. The topological polar surface area (TPSA) is 52.6 Å². The van der Waals surface area contributed by atoms with Gasteiger partial charge in [-0.2, -0.15) is 0 Å². The van der Waals surface area contributed by atoms with Crippen LogP contribution in [-0.4, -0.2) is 24.1 Å². The van der Waals surface area contributed by atoms with Crippen LogP contribution in [0.3, 0.4) is 0 Å². The van der Waals surface area contributed by atoms with Crippen LogP contribution in [0, 0.1) is 11.8 Å². The SMILES string of the molecule is CC(C)OC(=O)C1CC1C(=O)OC(C)C. The van der Waals surface area contributed by atoms with Crippen LogP contribution in [0.1, 0.15) is 34.1 Å². The fourth-order valence-corrected chi connectivity index (χ4v) is 1.36. The summed E-state index contributed by atoms with van der Waals surface area (Å²) >= 11 is 0. The smallest absolute Gasteiger partial charge is 0.310 e. The minimum atomic E-state index is -0.282. The van der Waals surface area contributed by atoms with E-state index in [-0.39, 0.29) is 36.0 Å². The van der Waals surface area contributed by atoms with E-state index in [1.165, 1.54) is 0 Å². The molecule has 0 aromatic heterocycles. The first-order chi connectivity index (χ1) is 6.91. The zero-order valence-corrected chi connectivity index (χ0v) is 9.65. The van der Waals surface area contributed by atoms with Crippen molar-refractivity contribution < 1.29 is 19.1 Å². The van der Waals surface area contributed by atoms with Crippen molar-refractivity contribution in [3.63, 3.8) is 0 Å². The Morgan fingerprint density at radius 1 is 0.933 bits per heavy atom. The lowest BCUT2D eigenvalue weighted by atomic mass is 10.3. The van der Waals surface area contributed by atoms with Crippen molar-refractivity contribution in [1.82, 2.24) is 0 Å². The molecule has 1 fully saturated rings. The number of hydrogen-bond acceptors (Lipinski definition) is 4. The second-order valence-electron chi connectivity index (χ2n) is 4.42. The summed E-state index contributed by atoms with van der Waals surface area (Å²) in [4.78, 5) is 22.8. The van der Waals surface area contributed by atoms with Crippen LogP contribution in [0.2, 0.25) is 0 Å². The van der Waals surface area contributed by atoms with Crippen LogP contribution < -0.4 is 0 Å². The van der Waals surface area contributed by atoms with Gasteiger partial charge < -0.3 is 9.47 Å². The van der Waals surface area contributed by atoms with E-state index in [4.69, 9.17) is 9.47 Å². The van der Waals surface area contributed by atoms with E-state index in [1.54, 1.807) is 27.7 Å². The third-order valence-electron chi connectivity index (χ3n) is 2.10. The van der Waals surface area contributed by atoms with Crippen LogP contribution in [0.15, 0.2) is 0 Å². The van der Waals surface area contributed by atoms with Crippen molar-refractivity contribution in [2.75, 3.05) is 0 Å². The van der Waals surface area contributed by atoms with Gasteiger partial charge in [0, 0.05) is 0 Å². The Morgan fingerprint density at radius 2 is 1.27 bits per heavy atom. The number of carbonyl (C=O) groups excluding carboxylic acids is 2. The molecule has 2 atom stereocenters. The standard InChI is InChI=1S/C11H18O4/c1-6(2)14-10(12)8-5-9(8)11(13)15-7(3)4/h6-9H,5H2,1-4H3. The lowest BCUT2D eigenvalue weighted by molar-refractivity contribution is -0.155. The predicted octanol–water partition coefficient (Wildman–Crippen LogP) is 1.53. The molecular formula is C11H18O4. The minimum Gasteiger partial charge on any atom is -0.463 e. The average molecular weight is 214 g/mol. The first-order valence-electron chi connectivity index (χ1n) is 5.32. The zero-order chi connectivity index (χ0) is 11.6. The summed E-state index contributed by atoms with van der Waals surface area (Å²) in [5, 5.41) is 0. The Kier molecular flexibility index (Phi) is 3.72. The largest absolute Gasteiger partial charge is 0.463 e. The van der Waals surface area contributed by atoms with Crippen molar-refractivity contribution >= 4 is 11.9 Å². The van der Waals surface area contributed by atoms with Crippen molar-refractivity contribution in [2.45, 2.75) is 46.3 Å². The fraction of sp³-hybridized carbons (Fsp3) is 0.818. The summed E-state index contributed by atoms with van der Waals surface area (Å²) in [7, 11) is 0. The van der Waals surface area contributed by atoms with Gasteiger partial charge in [0.05, 0.1) is 24.0 Å². The molecule has 1 aliphatic rings. The van der Waals surface area contributed by atoms with Gasteiger partial charge >= 0.3 is 11.9 Å². The van der Waals surface area contributed by atoms with Gasteiger partial charge in [-0.15, -0.1) is 0 Å². The normalized spacial score (nSPS) is 24.1. The summed E-state index contributed by atoms with van der Waals surface area (Å²) in [6.45, 7) is 7.17. The van der Waals surface area contributed by atoms with Crippen molar-refractivity contribution in [2.24, 2.45) is 11.8 Å². The molecule has 0 radical (unpaired) electrons. The van der Waals surface area contributed by atoms with E-state index in [0.717, 1.165) is 0 Å². The van der Waals surface area contributed by atoms with Gasteiger partial charge in [0.25, 0.3) is 0 Å². The molecule has 0 aromatic rings. The number of carbonyl (C=O) groups is 2. The molecule has 0 N–H and O–H groups in total. The average Bonchev–Trinajstić information content (AvgIpc) is 2.79. The second-order valence-corrected chi connectivity index (χ2v) is 4.42. The molecule has 0 spiro atoms. The molecule has 15 heavy (non-hydrogen) atoms. The Labute approximate surface area is 89.9 Å². The molecule has 4 nitrogen and oxygen atoms in total. The van der Waals surface area contributed by atoms with Crippen molar-refractivity contribution in [3.8, 4) is 0 Å². The van der Waals surface area contributed by atoms with Crippen molar-refractivity contribution in [1.29, 1.82) is 0 Å². The lowest BCUT2D eigenvalue weighted by Crippen LogP contribution is -2.18. The minimum absolute atomic E-state index is 0.125. The number of esters is 2. The molecule has 0 saturated heterocycles. The third-order valence-corrected chi connectivity index (χ3v) is 2.10. The monoisotopic (exact) mass is 214 g/mol. The molecule has 86 valence electrons. The highest BCUT2D eigenvalue weighted by molar-refractivity contribution is 5.87. The van der Waals surface area contributed by atoms with E-state index in [2.05, 4.69) is 0 Å². The highest BCUT2D eigenvalue weighted by atomic mass is 16.6. The molecule has 2 unspecified atom stereocenters. The van der Waals surface area contributed by atoms with E-state index in [0.29, 0.717) is 6.42 Å². The molecule has 0 bridgehead atoms. The summed E-state index contributed by atoms with van der Waals surface area (Å²) in [5.41, 5.74) is 0. The molecule has 1 saturated carbocycles. The zero-order valence-electron chi connectivity index (χ0n) is 9.65. The molecule has 0 amide bonds. The third kappa shape index (κ3) is 3.53. The van der Waals surface area contributed by atoms with E-state index in [9.17, 15) is 9.59 Å². The number of hydrogen-bond donors (Lipinski definition) is 0. The van der Waals surface area contributed by atoms with E-state index >= 15 is 0 Å². The van der Waals surface area contributed by atoms with Gasteiger partial charge in [0.2, 0.25) is 0 Å². The van der Waals surface area contributed by atoms with E-state index in [1.807, 2.05) is 0 Å². The summed E-state index contributed by atoms with van der Waals surface area (Å²) in [5.74, 6) is -1.12. The Morgan fingerprint density at radius 3 is 1.53 bits per heavy atom. The van der Waals surface area contributed by atoms with Crippen molar-refractivity contribution in [3.05, 3.63) is 0 Å². The summed E-state index contributed by atoms with van der Waals surface area (Å²) < 4.78 is 10.0. The Balaban J connectivity index is 2.33. The van der Waals surface area contributed by atoms with Gasteiger partial charge in [-0.3, -0.25) is 9.59 Å². The molecule has 1 rings (SSSR count). The summed E-state index contributed by atoms with van der Waals surface area (Å²) in [6.07, 6.45) is 0.316. The Hall–Kier alpha value is -1.06. The number of ether oxygens (including phenoxy) is 2. The highest BCUT2D eigenvalue weighted by Crippen LogP contribution is 2.40. The second kappa shape index (κ2) is 4.64. The molecule has 0 aliphatic heterocycles. The maximum absolute atomic E-state index is 11.4. The van der Waals surface area contributed by atoms with Crippen LogP contribution in [0.4, 0.5) is 0 Å². The first kappa shape index (κ1) is 12.0. The van der Waals surface area contributed by atoms with Gasteiger partial charge in [-0.05, 0) is 34.1 Å². The Bertz CT molecular complexity index is 231. The maximum atomic E-state index is 11.4. The lowest BCUT2D eigenvalue weighted by Gasteiger charge is -2.08. The van der Waals surface area contributed by atoms with Crippen LogP contribution in [0.5, 0.6) is 0 Å². The fourth-order valence-electron chi connectivity index (χ4n) is 1.36. The quantitative estimate of drug-likeness (QED) is 0.666. The van der Waals surface area contributed by atoms with Gasteiger partial charge in [0.15, 0.2) is 0 Å². The highest BCUT2D eigenvalue weighted by Gasteiger charge is 2.50. The maximum Gasteiger partial charge on any atom is 0.310 e. The van der Waals surface area contributed by atoms with Crippen LogP contribution >= 0.6 is 0 Å². The molecule has 1 aliphatic carbocycles. The molecule has 0 aromatic carbocycles. The molecular weight excluding hydrogens is 196 g/mol. The van der Waals surface area contributed by atoms with Gasteiger partial charge in [-0.1, -0.05) is 0 Å². The first-order valence-corrected chi connectivity index (χ1v) is 5.32. The van der Waals surface area contributed by atoms with Crippen LogP contribution in [0.25, 0.3) is 0 Å². The summed E-state index contributed by atoms with van der Waals surface area (Å²) in [6, 6.07) is 0. The van der Waals surface area contributed by atoms with E-state index < -0.39 is 0 Å². The van der Waals surface area contributed by atoms with Gasteiger partial charge in [0.1, 0.15) is 0 Å². The number of rotatable bonds is 4. The van der Waals surface area contributed by atoms with Gasteiger partial charge in [-0.25, -0.2) is 0 Å². The molecule has 4 heteroatoms.